The van der Waals surface area contributed by atoms with E-state index >= 15 is 0 Å². The molecule has 0 aliphatic rings. The molecule has 10 heteroatoms. The van der Waals surface area contributed by atoms with Gasteiger partial charge in [0.15, 0.2) is 5.16 Å². The van der Waals surface area contributed by atoms with Crippen LogP contribution in [0.4, 0.5) is 5.69 Å². The molecule has 34 heavy (non-hydrogen) atoms. The van der Waals surface area contributed by atoms with Crippen molar-refractivity contribution in [3.05, 3.63) is 64.4 Å². The van der Waals surface area contributed by atoms with Crippen molar-refractivity contribution in [3.8, 4) is 0 Å². The summed E-state index contributed by atoms with van der Waals surface area (Å²) < 4.78 is 3.23. The summed E-state index contributed by atoms with van der Waals surface area (Å²) in [7, 11) is 1.65. The number of aromatic nitrogens is 4. The summed E-state index contributed by atoms with van der Waals surface area (Å²) in [6.07, 6.45) is 0.731. The summed E-state index contributed by atoms with van der Waals surface area (Å²) >= 11 is 1.23. The number of carbonyl (C=O) groups excluding carboxylic acids is 2. The van der Waals surface area contributed by atoms with E-state index in [1.807, 2.05) is 50.2 Å². The third-order valence-corrected chi connectivity index (χ3v) is 6.43. The van der Waals surface area contributed by atoms with Crippen LogP contribution >= 0.6 is 11.8 Å². The maximum absolute atomic E-state index is 13.0. The number of nitrogens with zero attached hydrogens (tertiary/aromatic N) is 5. The number of anilines is 1. The van der Waals surface area contributed by atoms with Crippen molar-refractivity contribution in [2.75, 3.05) is 24.2 Å². The average Bonchev–Trinajstić information content (AvgIpc) is 3.26. The summed E-state index contributed by atoms with van der Waals surface area (Å²) in [6, 6.07) is 14.8. The van der Waals surface area contributed by atoms with Crippen LogP contribution in [-0.2, 0) is 16.6 Å². The molecule has 0 atom stereocenters. The SMILES string of the molecule is CCCN(CC(=O)Nc1ccccc1C)C(=O)CSc1nnc2n(C)c(=O)c3ccccc3n12. The van der Waals surface area contributed by atoms with Gasteiger partial charge in [0, 0.05) is 19.3 Å². The number of hydrogen-bond acceptors (Lipinski definition) is 6. The molecule has 0 aliphatic carbocycles. The predicted molar refractivity (Wildman–Crippen MR) is 133 cm³/mol. The molecule has 4 aromatic rings. The smallest absolute Gasteiger partial charge is 0.262 e. The van der Waals surface area contributed by atoms with Crippen LogP contribution in [0.1, 0.15) is 18.9 Å². The van der Waals surface area contributed by atoms with E-state index < -0.39 is 0 Å². The zero-order valence-electron chi connectivity index (χ0n) is 19.3. The molecule has 2 heterocycles. The number of amides is 2. The Hall–Kier alpha value is -3.66. The molecule has 2 amide bonds. The van der Waals surface area contributed by atoms with E-state index in [4.69, 9.17) is 0 Å². The number of para-hydroxylation sites is 2. The molecule has 2 aromatic heterocycles. The first kappa shape index (κ1) is 23.5. The highest BCUT2D eigenvalue weighted by atomic mass is 32.2. The minimum absolute atomic E-state index is 0.0282. The summed E-state index contributed by atoms with van der Waals surface area (Å²) in [5.41, 5.74) is 2.22. The standard InChI is InChI=1S/C24H26N6O3S/c1-4-13-29(14-20(31)25-18-11-7-5-9-16(18)2)21(32)15-34-24-27-26-23-28(3)22(33)17-10-6-8-12-19(17)30(23)24/h5-12H,4,13-15H2,1-3H3,(H,25,31). The van der Waals surface area contributed by atoms with Crippen LogP contribution in [0.15, 0.2) is 58.5 Å². The maximum atomic E-state index is 13.0. The monoisotopic (exact) mass is 478 g/mol. The molecule has 9 nitrogen and oxygen atoms in total. The molecule has 0 saturated carbocycles. The van der Waals surface area contributed by atoms with Gasteiger partial charge in [-0.2, -0.15) is 0 Å². The Labute approximate surface area is 200 Å². The molecule has 0 bridgehead atoms. The van der Waals surface area contributed by atoms with Crippen LogP contribution in [0, 0.1) is 6.92 Å². The Morgan fingerprint density at radius 3 is 2.59 bits per heavy atom. The van der Waals surface area contributed by atoms with Crippen LogP contribution in [0.3, 0.4) is 0 Å². The maximum Gasteiger partial charge on any atom is 0.262 e. The van der Waals surface area contributed by atoms with Gasteiger partial charge in [0.1, 0.15) is 0 Å². The van der Waals surface area contributed by atoms with Crippen molar-refractivity contribution < 1.29 is 9.59 Å². The summed E-state index contributed by atoms with van der Waals surface area (Å²) in [4.78, 5) is 39.8. The second kappa shape index (κ2) is 10.1. The largest absolute Gasteiger partial charge is 0.333 e. The highest BCUT2D eigenvalue weighted by molar-refractivity contribution is 7.99. The molecule has 0 unspecified atom stereocenters. The summed E-state index contributed by atoms with van der Waals surface area (Å²) in [5, 5.41) is 12.3. The molecule has 0 fully saturated rings. The summed E-state index contributed by atoms with van der Waals surface area (Å²) in [5.74, 6) is 0.0876. The van der Waals surface area contributed by atoms with Crippen LogP contribution in [0.5, 0.6) is 0 Å². The fourth-order valence-corrected chi connectivity index (χ4v) is 4.60. The van der Waals surface area contributed by atoms with E-state index in [9.17, 15) is 14.4 Å². The van der Waals surface area contributed by atoms with Crippen LogP contribution in [0.25, 0.3) is 16.7 Å². The van der Waals surface area contributed by atoms with Gasteiger partial charge in [-0.05, 0) is 37.1 Å². The zero-order valence-corrected chi connectivity index (χ0v) is 20.1. The minimum atomic E-state index is -0.241. The Morgan fingerprint density at radius 1 is 1.09 bits per heavy atom. The number of hydrogen-bond donors (Lipinski definition) is 1. The predicted octanol–water partition coefficient (Wildman–Crippen LogP) is 2.86. The molecule has 2 aromatic carbocycles. The lowest BCUT2D eigenvalue weighted by atomic mass is 10.2. The Balaban J connectivity index is 1.51. The summed E-state index contributed by atoms with van der Waals surface area (Å²) in [6.45, 7) is 4.33. The van der Waals surface area contributed by atoms with Gasteiger partial charge in [0.05, 0.1) is 23.2 Å². The van der Waals surface area contributed by atoms with E-state index in [1.54, 1.807) is 28.5 Å². The van der Waals surface area contributed by atoms with Gasteiger partial charge in [0.2, 0.25) is 17.6 Å². The zero-order chi connectivity index (χ0) is 24.2. The normalized spacial score (nSPS) is 11.1. The number of nitrogens with one attached hydrogen (secondary N) is 1. The van der Waals surface area contributed by atoms with Crippen LogP contribution in [-0.4, -0.2) is 54.7 Å². The molecule has 0 aliphatic heterocycles. The van der Waals surface area contributed by atoms with Gasteiger partial charge in [-0.25, -0.2) is 0 Å². The molecule has 1 N–H and O–H groups in total. The number of benzene rings is 2. The van der Waals surface area contributed by atoms with Crippen molar-refractivity contribution in [1.82, 2.24) is 24.1 Å². The van der Waals surface area contributed by atoms with E-state index in [1.165, 1.54) is 16.3 Å². The van der Waals surface area contributed by atoms with E-state index in [2.05, 4.69) is 15.5 Å². The van der Waals surface area contributed by atoms with Crippen molar-refractivity contribution in [1.29, 1.82) is 0 Å². The van der Waals surface area contributed by atoms with Gasteiger partial charge in [-0.1, -0.05) is 49.0 Å². The first-order chi connectivity index (χ1) is 16.4. The van der Waals surface area contributed by atoms with Gasteiger partial charge < -0.3 is 10.2 Å². The van der Waals surface area contributed by atoms with Gasteiger partial charge in [-0.15, -0.1) is 10.2 Å². The van der Waals surface area contributed by atoms with E-state index in [0.29, 0.717) is 28.4 Å². The molecule has 4 rings (SSSR count). The van der Waals surface area contributed by atoms with Crippen molar-refractivity contribution in [2.45, 2.75) is 25.4 Å². The number of thioether (sulfide) groups is 1. The van der Waals surface area contributed by atoms with Crippen molar-refractivity contribution in [2.24, 2.45) is 7.05 Å². The molecule has 0 saturated heterocycles. The number of fused-ring (bicyclic) bond motifs is 3. The van der Waals surface area contributed by atoms with E-state index in [0.717, 1.165) is 17.7 Å². The number of rotatable bonds is 8. The molecule has 176 valence electrons. The molecule has 0 radical (unpaired) electrons. The molecular weight excluding hydrogens is 452 g/mol. The third kappa shape index (κ3) is 4.67. The minimum Gasteiger partial charge on any atom is -0.333 e. The van der Waals surface area contributed by atoms with Gasteiger partial charge in [-0.3, -0.25) is 23.4 Å². The number of carbonyl (C=O) groups is 2. The van der Waals surface area contributed by atoms with Gasteiger partial charge in [0.25, 0.3) is 5.56 Å². The highest BCUT2D eigenvalue weighted by Gasteiger charge is 2.20. The average molecular weight is 479 g/mol. The lowest BCUT2D eigenvalue weighted by Gasteiger charge is -2.21. The third-order valence-electron chi connectivity index (χ3n) is 5.52. The Kier molecular flexibility index (Phi) is 6.97. The fraction of sp³-hybridized carbons (Fsp3) is 0.292. The lowest BCUT2D eigenvalue weighted by Crippen LogP contribution is -2.39. The number of aryl methyl sites for hydroxylation is 2. The second-order valence-corrected chi connectivity index (χ2v) is 8.91. The van der Waals surface area contributed by atoms with E-state index in [-0.39, 0.29) is 29.7 Å². The van der Waals surface area contributed by atoms with Crippen LogP contribution < -0.4 is 10.9 Å². The first-order valence-electron chi connectivity index (χ1n) is 11.0. The van der Waals surface area contributed by atoms with Crippen molar-refractivity contribution >= 4 is 45.9 Å². The fourth-order valence-electron chi connectivity index (χ4n) is 3.76. The van der Waals surface area contributed by atoms with Gasteiger partial charge >= 0.3 is 0 Å². The first-order valence-corrected chi connectivity index (χ1v) is 12.0. The Morgan fingerprint density at radius 2 is 1.82 bits per heavy atom. The van der Waals surface area contributed by atoms with Crippen LogP contribution in [0.2, 0.25) is 0 Å². The quantitative estimate of drug-likeness (QED) is 0.391. The van der Waals surface area contributed by atoms with Crippen molar-refractivity contribution in [3.63, 3.8) is 0 Å². The molecule has 0 spiro atoms. The topological polar surface area (TPSA) is 102 Å². The highest BCUT2D eigenvalue weighted by Crippen LogP contribution is 2.21. The second-order valence-electron chi connectivity index (χ2n) is 7.97. The Bertz CT molecular complexity index is 1430. The molecular formula is C24H26N6O3S. The lowest BCUT2D eigenvalue weighted by molar-refractivity contribution is -0.132.